The number of nitrogens with one attached hydrogen (secondary N) is 1. The molecule has 0 bridgehead atoms. The first-order chi connectivity index (χ1) is 12.4. The number of carboxylic acid groups (broad SMARTS) is 1. The maximum atomic E-state index is 12.8. The molecule has 0 saturated carbocycles. The van der Waals surface area contributed by atoms with E-state index in [0.717, 1.165) is 0 Å². The molecule has 1 aromatic heterocycles. The van der Waals surface area contributed by atoms with Gasteiger partial charge in [-0.05, 0) is 36.5 Å². The molecule has 0 radical (unpaired) electrons. The minimum Gasteiger partial charge on any atom is -0.548 e. The number of aromatic nitrogens is 2. The molecule has 26 heavy (non-hydrogen) atoms. The van der Waals surface area contributed by atoms with Crippen LogP contribution in [-0.2, 0) is 9.59 Å². The van der Waals surface area contributed by atoms with Gasteiger partial charge in [-0.25, -0.2) is 4.98 Å². The first kappa shape index (κ1) is 20.0. The highest BCUT2D eigenvalue weighted by atomic mass is 32.2. The third-order valence-electron chi connectivity index (χ3n) is 4.10. The number of carboxylic acids is 1. The Balaban J connectivity index is 2.36. The average Bonchev–Trinajstić information content (AvgIpc) is 2.60. The highest BCUT2D eigenvalue weighted by Crippen LogP contribution is 2.18. The third kappa shape index (κ3) is 4.43. The Morgan fingerprint density at radius 3 is 2.62 bits per heavy atom. The van der Waals surface area contributed by atoms with Crippen LogP contribution in [0.1, 0.15) is 26.3 Å². The van der Waals surface area contributed by atoms with E-state index in [1.807, 2.05) is 6.26 Å². The summed E-state index contributed by atoms with van der Waals surface area (Å²) in [6, 6.07) is 4.92. The predicted octanol–water partition coefficient (Wildman–Crippen LogP) is 0.581. The van der Waals surface area contributed by atoms with Crippen molar-refractivity contribution in [1.82, 2.24) is 14.9 Å². The number of hydrogen-bond acceptors (Lipinski definition) is 6. The van der Waals surface area contributed by atoms with Crippen LogP contribution in [0.3, 0.4) is 0 Å². The van der Waals surface area contributed by atoms with Crippen molar-refractivity contribution < 1.29 is 14.7 Å². The number of carbonyl (C=O) groups excluding carboxylic acids is 2. The van der Waals surface area contributed by atoms with Gasteiger partial charge in [0.05, 0.1) is 29.2 Å². The van der Waals surface area contributed by atoms with Crippen LogP contribution in [0.5, 0.6) is 0 Å². The highest BCUT2D eigenvalue weighted by molar-refractivity contribution is 7.98. The fourth-order valence-electron chi connectivity index (χ4n) is 2.77. The highest BCUT2D eigenvalue weighted by Gasteiger charge is 2.28. The van der Waals surface area contributed by atoms with Crippen molar-refractivity contribution in [2.75, 3.05) is 12.0 Å². The molecule has 0 fully saturated rings. The second kappa shape index (κ2) is 8.84. The quantitative estimate of drug-likeness (QED) is 0.723. The molecule has 2 aromatic rings. The van der Waals surface area contributed by atoms with Crippen molar-refractivity contribution in [2.45, 2.75) is 32.4 Å². The van der Waals surface area contributed by atoms with Gasteiger partial charge >= 0.3 is 0 Å². The topological polar surface area (TPSA) is 104 Å². The number of amides is 1. The number of carbonyl (C=O) groups is 2. The largest absolute Gasteiger partial charge is 0.548 e. The van der Waals surface area contributed by atoms with E-state index < -0.39 is 24.0 Å². The Morgan fingerprint density at radius 2 is 2.00 bits per heavy atom. The minimum absolute atomic E-state index is 0.237. The first-order valence-electron chi connectivity index (χ1n) is 8.32. The molecule has 2 rings (SSSR count). The maximum Gasteiger partial charge on any atom is 0.261 e. The first-order valence-corrected chi connectivity index (χ1v) is 9.72. The summed E-state index contributed by atoms with van der Waals surface area (Å²) >= 11 is 1.48. The molecule has 0 spiro atoms. The number of fused-ring (bicyclic) bond motifs is 1. The molecule has 140 valence electrons. The van der Waals surface area contributed by atoms with E-state index in [-0.39, 0.29) is 17.9 Å². The monoisotopic (exact) mass is 376 g/mol. The average molecular weight is 376 g/mol. The Hall–Kier alpha value is -2.35. The van der Waals surface area contributed by atoms with Crippen molar-refractivity contribution >= 4 is 34.5 Å². The van der Waals surface area contributed by atoms with E-state index in [2.05, 4.69) is 10.3 Å². The van der Waals surface area contributed by atoms with E-state index >= 15 is 0 Å². The van der Waals surface area contributed by atoms with Crippen LogP contribution in [0.15, 0.2) is 35.4 Å². The number of thioether (sulfide) groups is 1. The van der Waals surface area contributed by atoms with Crippen LogP contribution in [0.25, 0.3) is 10.9 Å². The summed E-state index contributed by atoms with van der Waals surface area (Å²) in [6.45, 7) is 3.59. The van der Waals surface area contributed by atoms with Gasteiger partial charge in [-0.15, -0.1) is 0 Å². The second-order valence-electron chi connectivity index (χ2n) is 6.32. The van der Waals surface area contributed by atoms with Crippen LogP contribution in [0.4, 0.5) is 0 Å². The minimum atomic E-state index is -1.33. The van der Waals surface area contributed by atoms with Gasteiger partial charge in [0.25, 0.3) is 5.56 Å². The summed E-state index contributed by atoms with van der Waals surface area (Å²) in [5.41, 5.74) is 0.211. The number of benzene rings is 1. The Kier molecular flexibility index (Phi) is 6.79. The standard InChI is InChI=1S/C18H23N3O4S/c1-11(2)15(16(22)20-14(18(24)25)8-9-26-3)21-10-19-13-7-5-4-6-12(13)17(21)23/h4-7,10-11,14-15H,8-9H2,1-3H3,(H,20,22)(H,24,25)/p-1/t14-,15-/m0/s1. The summed E-state index contributed by atoms with van der Waals surface area (Å²) in [6.07, 6.45) is 3.45. The summed E-state index contributed by atoms with van der Waals surface area (Å²) in [5, 5.41) is 14.2. The molecule has 0 unspecified atom stereocenters. The van der Waals surface area contributed by atoms with Gasteiger partial charge < -0.3 is 15.2 Å². The van der Waals surface area contributed by atoms with Crippen LogP contribution in [-0.4, -0.2) is 39.5 Å². The maximum absolute atomic E-state index is 12.8. The zero-order valence-electron chi connectivity index (χ0n) is 15.0. The van der Waals surface area contributed by atoms with Crippen molar-refractivity contribution in [3.63, 3.8) is 0 Å². The van der Waals surface area contributed by atoms with E-state index in [9.17, 15) is 19.5 Å². The van der Waals surface area contributed by atoms with E-state index in [4.69, 9.17) is 0 Å². The van der Waals surface area contributed by atoms with Gasteiger partial charge in [-0.3, -0.25) is 14.2 Å². The van der Waals surface area contributed by atoms with Crippen molar-refractivity contribution in [3.8, 4) is 0 Å². The fraction of sp³-hybridized carbons (Fsp3) is 0.444. The van der Waals surface area contributed by atoms with Gasteiger partial charge in [0.2, 0.25) is 5.91 Å². The lowest BCUT2D eigenvalue weighted by Gasteiger charge is -2.26. The van der Waals surface area contributed by atoms with Gasteiger partial charge in [0, 0.05) is 0 Å². The molecule has 1 N–H and O–H groups in total. The van der Waals surface area contributed by atoms with Crippen LogP contribution >= 0.6 is 11.8 Å². The number of para-hydroxylation sites is 1. The Labute approximate surface area is 155 Å². The second-order valence-corrected chi connectivity index (χ2v) is 7.31. The van der Waals surface area contributed by atoms with E-state index in [1.165, 1.54) is 22.7 Å². The van der Waals surface area contributed by atoms with Crippen molar-refractivity contribution in [2.24, 2.45) is 5.92 Å². The molecule has 8 heteroatoms. The molecule has 2 atom stereocenters. The number of aliphatic carboxylic acids is 1. The molecule has 1 amide bonds. The smallest absolute Gasteiger partial charge is 0.261 e. The normalized spacial score (nSPS) is 13.5. The van der Waals surface area contributed by atoms with Crippen LogP contribution in [0, 0.1) is 5.92 Å². The summed E-state index contributed by atoms with van der Waals surface area (Å²) in [5.74, 6) is -1.53. The molecular weight excluding hydrogens is 354 g/mol. The zero-order valence-corrected chi connectivity index (χ0v) is 15.8. The van der Waals surface area contributed by atoms with Gasteiger partial charge in [-0.2, -0.15) is 11.8 Å². The lowest BCUT2D eigenvalue weighted by Crippen LogP contribution is -2.51. The Morgan fingerprint density at radius 1 is 1.31 bits per heavy atom. The predicted molar refractivity (Wildman–Crippen MR) is 99.8 cm³/mol. The Bertz CT molecular complexity index is 850. The molecule has 0 aliphatic heterocycles. The number of hydrogen-bond donors (Lipinski definition) is 1. The zero-order chi connectivity index (χ0) is 19.3. The molecule has 0 saturated heterocycles. The number of nitrogens with zero attached hydrogens (tertiary/aromatic N) is 2. The third-order valence-corrected chi connectivity index (χ3v) is 4.75. The summed E-state index contributed by atoms with van der Waals surface area (Å²) < 4.78 is 1.27. The van der Waals surface area contributed by atoms with Crippen LogP contribution < -0.4 is 16.0 Å². The molecule has 7 nitrogen and oxygen atoms in total. The van der Waals surface area contributed by atoms with Crippen LogP contribution in [0.2, 0.25) is 0 Å². The lowest BCUT2D eigenvalue weighted by atomic mass is 10.0. The summed E-state index contributed by atoms with van der Waals surface area (Å²) in [4.78, 5) is 41.1. The van der Waals surface area contributed by atoms with E-state index in [0.29, 0.717) is 16.7 Å². The van der Waals surface area contributed by atoms with E-state index in [1.54, 1.807) is 38.1 Å². The SMILES string of the molecule is CSCC[C@H](NC(=O)[C@H](C(C)C)n1cnc2ccccc2c1=O)C(=O)[O-]. The van der Waals surface area contributed by atoms with Gasteiger partial charge in [-0.1, -0.05) is 26.0 Å². The molecule has 0 aliphatic rings. The molecule has 1 aromatic carbocycles. The van der Waals surface area contributed by atoms with Crippen molar-refractivity contribution in [1.29, 1.82) is 0 Å². The van der Waals surface area contributed by atoms with Gasteiger partial charge in [0.1, 0.15) is 6.04 Å². The summed E-state index contributed by atoms with van der Waals surface area (Å²) in [7, 11) is 0. The fourth-order valence-corrected chi connectivity index (χ4v) is 3.24. The molecule has 0 aliphatic carbocycles. The molecule has 1 heterocycles. The lowest BCUT2D eigenvalue weighted by molar-refractivity contribution is -0.308. The number of rotatable bonds is 8. The van der Waals surface area contributed by atoms with Crippen molar-refractivity contribution in [3.05, 3.63) is 40.9 Å². The van der Waals surface area contributed by atoms with Gasteiger partial charge in [0.15, 0.2) is 0 Å². The molecular formula is C18H22N3O4S-.